The fourth-order valence-electron chi connectivity index (χ4n) is 2.50. The van der Waals surface area contributed by atoms with Gasteiger partial charge in [-0.15, -0.1) is 10.2 Å². The van der Waals surface area contributed by atoms with E-state index >= 15 is 0 Å². The molecule has 0 atom stereocenters. The zero-order valence-electron chi connectivity index (χ0n) is 12.1. The predicted molar refractivity (Wildman–Crippen MR) is 90.8 cm³/mol. The zero-order chi connectivity index (χ0) is 16.0. The monoisotopic (exact) mass is 342 g/mol. The molecule has 0 radical (unpaired) electrons. The quantitative estimate of drug-likeness (QED) is 0.562. The van der Waals surface area contributed by atoms with Crippen LogP contribution in [0.25, 0.3) is 16.6 Å². The van der Waals surface area contributed by atoms with Crippen LogP contribution in [-0.2, 0) is 0 Å². The number of pyridine rings is 1. The number of aryl methyl sites for hydroxylation is 1. The SMILES string of the molecule is Cc1cc2nnc(Sc3cc(Cl)nc(N)n3)n2c2ccccc12. The Morgan fingerprint density at radius 3 is 2.78 bits per heavy atom. The van der Waals surface area contributed by atoms with Gasteiger partial charge in [-0.1, -0.05) is 29.8 Å². The minimum absolute atomic E-state index is 0.134. The Morgan fingerprint density at radius 2 is 1.96 bits per heavy atom. The van der Waals surface area contributed by atoms with Crippen LogP contribution in [0.5, 0.6) is 0 Å². The molecule has 0 saturated heterocycles. The molecule has 0 unspecified atom stereocenters. The van der Waals surface area contributed by atoms with Crippen molar-refractivity contribution in [2.24, 2.45) is 0 Å². The van der Waals surface area contributed by atoms with Crippen LogP contribution >= 0.6 is 23.4 Å². The maximum Gasteiger partial charge on any atom is 0.222 e. The van der Waals surface area contributed by atoms with Crippen molar-refractivity contribution < 1.29 is 0 Å². The summed E-state index contributed by atoms with van der Waals surface area (Å²) in [6, 6.07) is 11.8. The molecule has 3 heterocycles. The van der Waals surface area contributed by atoms with E-state index < -0.39 is 0 Å². The number of rotatable bonds is 2. The second-order valence-corrected chi connectivity index (χ2v) is 6.38. The molecule has 3 aromatic heterocycles. The van der Waals surface area contributed by atoms with Crippen molar-refractivity contribution in [2.45, 2.75) is 17.1 Å². The molecule has 4 rings (SSSR count). The van der Waals surface area contributed by atoms with Gasteiger partial charge in [0.15, 0.2) is 5.65 Å². The normalized spacial score (nSPS) is 11.4. The third kappa shape index (κ3) is 2.47. The van der Waals surface area contributed by atoms with Crippen LogP contribution in [-0.4, -0.2) is 24.6 Å². The van der Waals surface area contributed by atoms with E-state index in [1.54, 1.807) is 6.07 Å². The molecule has 4 aromatic rings. The number of fused-ring (bicyclic) bond motifs is 3. The number of halogens is 1. The number of nitrogens with zero attached hydrogens (tertiary/aromatic N) is 5. The van der Waals surface area contributed by atoms with Crippen molar-refractivity contribution in [3.63, 3.8) is 0 Å². The first-order valence-corrected chi connectivity index (χ1v) is 8.02. The van der Waals surface area contributed by atoms with Crippen molar-refractivity contribution in [3.8, 4) is 0 Å². The molecule has 0 fully saturated rings. The van der Waals surface area contributed by atoms with Crippen LogP contribution in [0.15, 0.2) is 46.6 Å². The molecule has 23 heavy (non-hydrogen) atoms. The summed E-state index contributed by atoms with van der Waals surface area (Å²) in [5.74, 6) is 0.134. The molecule has 0 aliphatic carbocycles. The van der Waals surface area contributed by atoms with Crippen LogP contribution in [0.2, 0.25) is 5.15 Å². The van der Waals surface area contributed by atoms with Gasteiger partial charge in [-0.05, 0) is 36.4 Å². The smallest absolute Gasteiger partial charge is 0.222 e. The van der Waals surface area contributed by atoms with Gasteiger partial charge >= 0.3 is 0 Å². The molecule has 114 valence electrons. The predicted octanol–water partition coefficient (Wildman–Crippen LogP) is 3.37. The second-order valence-electron chi connectivity index (χ2n) is 5.01. The number of hydrogen-bond donors (Lipinski definition) is 1. The van der Waals surface area contributed by atoms with E-state index in [2.05, 4.69) is 33.2 Å². The van der Waals surface area contributed by atoms with Crippen LogP contribution in [0.4, 0.5) is 5.95 Å². The maximum atomic E-state index is 5.94. The third-order valence-electron chi connectivity index (χ3n) is 3.46. The van der Waals surface area contributed by atoms with E-state index in [0.717, 1.165) is 22.1 Å². The minimum atomic E-state index is 0.134. The lowest BCUT2D eigenvalue weighted by Gasteiger charge is -2.07. The number of aromatic nitrogens is 5. The summed E-state index contributed by atoms with van der Waals surface area (Å²) in [6.07, 6.45) is 0. The number of anilines is 1. The number of benzene rings is 1. The number of nitrogen functional groups attached to an aromatic ring is 1. The van der Waals surface area contributed by atoms with Gasteiger partial charge < -0.3 is 5.73 Å². The average Bonchev–Trinajstić information content (AvgIpc) is 2.89. The summed E-state index contributed by atoms with van der Waals surface area (Å²) in [5.41, 5.74) is 8.64. The Labute approximate surface area is 140 Å². The van der Waals surface area contributed by atoms with Gasteiger partial charge in [-0.25, -0.2) is 9.97 Å². The molecule has 0 aliphatic heterocycles. The van der Waals surface area contributed by atoms with Crippen LogP contribution in [0.1, 0.15) is 5.56 Å². The van der Waals surface area contributed by atoms with Crippen LogP contribution < -0.4 is 5.73 Å². The molecular formula is C15H11ClN6S. The van der Waals surface area contributed by atoms with Gasteiger partial charge in [-0.3, -0.25) is 4.40 Å². The lowest BCUT2D eigenvalue weighted by molar-refractivity contribution is 0.933. The van der Waals surface area contributed by atoms with Gasteiger partial charge in [0.2, 0.25) is 11.1 Å². The van der Waals surface area contributed by atoms with E-state index in [0.29, 0.717) is 15.3 Å². The number of nitrogens with two attached hydrogens (primary N) is 1. The zero-order valence-corrected chi connectivity index (χ0v) is 13.6. The first kappa shape index (κ1) is 14.2. The Bertz CT molecular complexity index is 1020. The standard InChI is InChI=1S/C15H11ClN6S/c1-8-6-12-20-21-15(22(12)10-5-3-2-4-9(8)10)23-13-7-11(16)18-14(17)19-13/h2-7H,1H3,(H2,17,18,19). The van der Waals surface area contributed by atoms with Gasteiger partial charge in [0.05, 0.1) is 5.52 Å². The molecule has 0 bridgehead atoms. The molecule has 1 aromatic carbocycles. The van der Waals surface area contributed by atoms with Crippen molar-refractivity contribution in [1.82, 2.24) is 24.6 Å². The lowest BCUT2D eigenvalue weighted by atomic mass is 10.1. The Kier molecular flexibility index (Phi) is 3.32. The molecule has 6 nitrogen and oxygen atoms in total. The molecule has 8 heteroatoms. The van der Waals surface area contributed by atoms with Crippen molar-refractivity contribution in [2.75, 3.05) is 5.73 Å². The first-order valence-electron chi connectivity index (χ1n) is 6.83. The number of hydrogen-bond acceptors (Lipinski definition) is 6. The summed E-state index contributed by atoms with van der Waals surface area (Å²) < 4.78 is 2.00. The summed E-state index contributed by atoms with van der Waals surface area (Å²) >= 11 is 7.28. The average molecular weight is 343 g/mol. The van der Waals surface area contributed by atoms with Gasteiger partial charge in [-0.2, -0.15) is 0 Å². The Balaban J connectivity index is 1.92. The summed E-state index contributed by atoms with van der Waals surface area (Å²) in [6.45, 7) is 2.06. The topological polar surface area (TPSA) is 82.0 Å². The molecule has 0 amide bonds. The Morgan fingerprint density at radius 1 is 1.13 bits per heavy atom. The molecule has 2 N–H and O–H groups in total. The van der Waals surface area contributed by atoms with E-state index in [9.17, 15) is 0 Å². The summed E-state index contributed by atoms with van der Waals surface area (Å²) in [5, 5.41) is 11.3. The van der Waals surface area contributed by atoms with E-state index in [1.807, 2.05) is 28.7 Å². The fraction of sp³-hybridized carbons (Fsp3) is 0.0667. The highest BCUT2D eigenvalue weighted by Gasteiger charge is 2.13. The van der Waals surface area contributed by atoms with Crippen LogP contribution in [0.3, 0.4) is 0 Å². The lowest BCUT2D eigenvalue weighted by Crippen LogP contribution is -1.97. The molecule has 0 aliphatic rings. The van der Waals surface area contributed by atoms with Gasteiger partial charge in [0.25, 0.3) is 0 Å². The molecular weight excluding hydrogens is 332 g/mol. The summed E-state index contributed by atoms with van der Waals surface area (Å²) in [4.78, 5) is 8.04. The highest BCUT2D eigenvalue weighted by molar-refractivity contribution is 7.99. The summed E-state index contributed by atoms with van der Waals surface area (Å²) in [7, 11) is 0. The van der Waals surface area contributed by atoms with Gasteiger partial charge in [0, 0.05) is 11.5 Å². The largest absolute Gasteiger partial charge is 0.368 e. The highest BCUT2D eigenvalue weighted by atomic mass is 35.5. The van der Waals surface area contributed by atoms with Gasteiger partial charge in [0.1, 0.15) is 10.2 Å². The third-order valence-corrected chi connectivity index (χ3v) is 4.52. The molecule has 0 saturated carbocycles. The van der Waals surface area contributed by atoms with E-state index in [4.69, 9.17) is 17.3 Å². The van der Waals surface area contributed by atoms with Crippen molar-refractivity contribution in [1.29, 1.82) is 0 Å². The highest BCUT2D eigenvalue weighted by Crippen LogP contribution is 2.30. The molecule has 0 spiro atoms. The minimum Gasteiger partial charge on any atom is -0.368 e. The Hall–Kier alpha value is -2.38. The van der Waals surface area contributed by atoms with Crippen molar-refractivity contribution >= 4 is 45.9 Å². The maximum absolute atomic E-state index is 5.94. The first-order chi connectivity index (χ1) is 11.1. The second kappa shape index (κ2) is 5.36. The number of para-hydroxylation sites is 1. The van der Waals surface area contributed by atoms with Crippen LogP contribution in [0, 0.1) is 6.92 Å². The van der Waals surface area contributed by atoms with E-state index in [-0.39, 0.29) is 5.95 Å². The fourth-order valence-corrected chi connectivity index (χ4v) is 3.62. The van der Waals surface area contributed by atoms with E-state index in [1.165, 1.54) is 11.8 Å². The van der Waals surface area contributed by atoms with Crippen molar-refractivity contribution in [3.05, 3.63) is 47.1 Å².